The van der Waals surface area contributed by atoms with Gasteiger partial charge in [0, 0.05) is 11.4 Å². The van der Waals surface area contributed by atoms with Crippen LogP contribution in [0.2, 0.25) is 0 Å². The van der Waals surface area contributed by atoms with Crippen LogP contribution in [-0.2, 0) is 16.4 Å². The first kappa shape index (κ1) is 14.7. The Bertz CT molecular complexity index is 735. The number of hydrogen-bond acceptors (Lipinski definition) is 6. The van der Waals surface area contributed by atoms with E-state index in [9.17, 15) is 8.42 Å². The highest BCUT2D eigenvalue weighted by atomic mass is 32.2. The van der Waals surface area contributed by atoms with Gasteiger partial charge in [-0.05, 0) is 38.3 Å². The van der Waals surface area contributed by atoms with Crippen molar-refractivity contribution in [2.24, 2.45) is 0 Å². The fourth-order valence-corrected chi connectivity index (χ4v) is 5.60. The molecule has 1 atom stereocenters. The molecule has 0 bridgehead atoms. The van der Waals surface area contributed by atoms with E-state index in [2.05, 4.69) is 10.1 Å². The van der Waals surface area contributed by atoms with Crippen molar-refractivity contribution in [1.29, 1.82) is 0 Å². The van der Waals surface area contributed by atoms with Crippen molar-refractivity contribution in [3.8, 4) is 0 Å². The summed E-state index contributed by atoms with van der Waals surface area (Å²) in [4.78, 5) is 5.26. The third-order valence-electron chi connectivity index (χ3n) is 3.58. The van der Waals surface area contributed by atoms with Crippen molar-refractivity contribution >= 4 is 21.4 Å². The molecule has 2 aromatic heterocycles. The Morgan fingerprint density at radius 3 is 2.90 bits per heavy atom. The molecule has 3 heterocycles. The monoisotopic (exact) mass is 327 g/mol. The molecule has 0 aliphatic carbocycles. The Morgan fingerprint density at radius 2 is 2.29 bits per heavy atom. The second-order valence-corrected chi connectivity index (χ2v) is 8.31. The molecule has 21 heavy (non-hydrogen) atoms. The number of aromatic nitrogens is 2. The molecule has 1 saturated heterocycles. The van der Waals surface area contributed by atoms with Crippen LogP contribution >= 0.6 is 11.3 Å². The third-order valence-corrected chi connectivity index (χ3v) is 7.19. The standard InChI is InChI=1S/C13H17N3O3S2/c1-3-10-6-7-12(20-10)21(17,18)16-8-4-5-11(16)13-14-9(2)15-19-13/h6-7,11H,3-5,8H2,1-2H3. The van der Waals surface area contributed by atoms with Gasteiger partial charge in [-0.3, -0.25) is 0 Å². The zero-order valence-electron chi connectivity index (χ0n) is 11.9. The fourth-order valence-electron chi connectivity index (χ4n) is 2.53. The van der Waals surface area contributed by atoms with Crippen molar-refractivity contribution in [2.75, 3.05) is 6.54 Å². The second-order valence-electron chi connectivity index (χ2n) is 5.03. The number of sulfonamides is 1. The summed E-state index contributed by atoms with van der Waals surface area (Å²) in [5, 5.41) is 3.76. The van der Waals surface area contributed by atoms with Crippen LogP contribution in [0.5, 0.6) is 0 Å². The molecule has 1 unspecified atom stereocenters. The van der Waals surface area contributed by atoms with E-state index in [1.807, 2.05) is 13.0 Å². The van der Waals surface area contributed by atoms with Crippen molar-refractivity contribution in [1.82, 2.24) is 14.4 Å². The molecule has 0 N–H and O–H groups in total. The molecule has 1 aliphatic rings. The van der Waals surface area contributed by atoms with Crippen molar-refractivity contribution in [3.05, 3.63) is 28.7 Å². The van der Waals surface area contributed by atoms with Crippen LogP contribution in [0.1, 0.15) is 42.4 Å². The minimum absolute atomic E-state index is 0.344. The third kappa shape index (κ3) is 2.63. The first-order chi connectivity index (χ1) is 10.0. The van der Waals surface area contributed by atoms with Gasteiger partial charge in [-0.1, -0.05) is 12.1 Å². The molecule has 0 spiro atoms. The smallest absolute Gasteiger partial charge is 0.253 e. The molecule has 3 rings (SSSR count). The molecule has 0 aromatic carbocycles. The summed E-state index contributed by atoms with van der Waals surface area (Å²) in [6.45, 7) is 4.24. The van der Waals surface area contributed by atoms with Gasteiger partial charge in [0.15, 0.2) is 5.82 Å². The Labute approximate surface area is 127 Å². The highest BCUT2D eigenvalue weighted by molar-refractivity contribution is 7.91. The van der Waals surface area contributed by atoms with Crippen LogP contribution in [0, 0.1) is 6.92 Å². The fraction of sp³-hybridized carbons (Fsp3) is 0.538. The molecule has 6 nitrogen and oxygen atoms in total. The summed E-state index contributed by atoms with van der Waals surface area (Å²) in [7, 11) is -3.49. The van der Waals surface area contributed by atoms with Crippen LogP contribution in [0.4, 0.5) is 0 Å². The van der Waals surface area contributed by atoms with Crippen molar-refractivity contribution < 1.29 is 12.9 Å². The maximum absolute atomic E-state index is 12.8. The molecular formula is C13H17N3O3S2. The summed E-state index contributed by atoms with van der Waals surface area (Å²) in [6.07, 6.45) is 2.36. The molecule has 1 aliphatic heterocycles. The van der Waals surface area contributed by atoms with E-state index >= 15 is 0 Å². The Morgan fingerprint density at radius 1 is 1.48 bits per heavy atom. The molecule has 1 fully saturated rings. The molecular weight excluding hydrogens is 310 g/mol. The summed E-state index contributed by atoms with van der Waals surface area (Å²) in [6, 6.07) is 3.22. The Balaban J connectivity index is 1.93. The van der Waals surface area contributed by atoms with E-state index in [1.54, 1.807) is 13.0 Å². The first-order valence-electron chi connectivity index (χ1n) is 6.93. The Kier molecular flexibility index (Phi) is 3.85. The minimum Gasteiger partial charge on any atom is -0.338 e. The SMILES string of the molecule is CCc1ccc(S(=O)(=O)N2CCCC2c2nc(C)no2)s1. The predicted molar refractivity (Wildman–Crippen MR) is 78.6 cm³/mol. The van der Waals surface area contributed by atoms with Gasteiger partial charge in [-0.25, -0.2) is 8.42 Å². The van der Waals surface area contributed by atoms with Crippen LogP contribution in [0.25, 0.3) is 0 Å². The highest BCUT2D eigenvalue weighted by Crippen LogP contribution is 2.37. The van der Waals surface area contributed by atoms with Gasteiger partial charge in [0.05, 0.1) is 0 Å². The van der Waals surface area contributed by atoms with Crippen LogP contribution in [0.15, 0.2) is 20.9 Å². The molecule has 0 radical (unpaired) electrons. The van der Waals surface area contributed by atoms with Crippen molar-refractivity contribution in [3.63, 3.8) is 0 Å². The average Bonchev–Trinajstić information content (AvgIpc) is 3.18. The number of thiophene rings is 1. The zero-order chi connectivity index (χ0) is 15.0. The lowest BCUT2D eigenvalue weighted by Crippen LogP contribution is -2.30. The molecule has 8 heteroatoms. The van der Waals surface area contributed by atoms with Gasteiger partial charge in [0.1, 0.15) is 10.3 Å². The lowest BCUT2D eigenvalue weighted by molar-refractivity contribution is 0.290. The average molecular weight is 327 g/mol. The second kappa shape index (κ2) is 5.51. The number of nitrogens with zero attached hydrogens (tertiary/aromatic N) is 3. The summed E-state index contributed by atoms with van der Waals surface area (Å²) in [5.41, 5.74) is 0. The molecule has 2 aromatic rings. The summed E-state index contributed by atoms with van der Waals surface area (Å²) in [5.74, 6) is 0.916. The summed E-state index contributed by atoms with van der Waals surface area (Å²) < 4.78 is 32.7. The lowest BCUT2D eigenvalue weighted by atomic mass is 10.2. The Hall–Kier alpha value is -1.25. The molecule has 114 valence electrons. The number of hydrogen-bond donors (Lipinski definition) is 0. The lowest BCUT2D eigenvalue weighted by Gasteiger charge is -2.20. The quantitative estimate of drug-likeness (QED) is 0.862. The van der Waals surface area contributed by atoms with E-state index < -0.39 is 10.0 Å². The van der Waals surface area contributed by atoms with Gasteiger partial charge in [0.25, 0.3) is 10.0 Å². The van der Waals surface area contributed by atoms with E-state index in [-0.39, 0.29) is 6.04 Å². The van der Waals surface area contributed by atoms with Crippen LogP contribution < -0.4 is 0 Å². The van der Waals surface area contributed by atoms with Crippen LogP contribution in [-0.4, -0.2) is 29.4 Å². The van der Waals surface area contributed by atoms with Gasteiger partial charge in [-0.2, -0.15) is 9.29 Å². The van der Waals surface area contributed by atoms with E-state index in [0.717, 1.165) is 17.7 Å². The zero-order valence-corrected chi connectivity index (χ0v) is 13.6. The number of aryl methyl sites for hydroxylation is 2. The van der Waals surface area contributed by atoms with Gasteiger partial charge in [-0.15, -0.1) is 11.3 Å². The topological polar surface area (TPSA) is 76.3 Å². The van der Waals surface area contributed by atoms with E-state index in [4.69, 9.17) is 4.52 Å². The van der Waals surface area contributed by atoms with Gasteiger partial charge < -0.3 is 4.52 Å². The van der Waals surface area contributed by atoms with Gasteiger partial charge >= 0.3 is 0 Å². The maximum Gasteiger partial charge on any atom is 0.253 e. The first-order valence-corrected chi connectivity index (χ1v) is 9.19. The minimum atomic E-state index is -3.49. The van der Waals surface area contributed by atoms with E-state index in [0.29, 0.717) is 28.9 Å². The maximum atomic E-state index is 12.8. The van der Waals surface area contributed by atoms with Crippen molar-refractivity contribution in [2.45, 2.75) is 43.4 Å². The summed E-state index contributed by atoms with van der Waals surface area (Å²) >= 11 is 1.33. The van der Waals surface area contributed by atoms with Gasteiger partial charge in [0.2, 0.25) is 5.89 Å². The van der Waals surface area contributed by atoms with Crippen LogP contribution in [0.3, 0.4) is 0 Å². The molecule has 0 saturated carbocycles. The number of rotatable bonds is 4. The van der Waals surface area contributed by atoms with E-state index in [1.165, 1.54) is 15.6 Å². The highest BCUT2D eigenvalue weighted by Gasteiger charge is 2.39. The predicted octanol–water partition coefficient (Wildman–Crippen LogP) is 2.53. The molecule has 0 amide bonds. The normalized spacial score (nSPS) is 20.2. The largest absolute Gasteiger partial charge is 0.338 e.